The number of benzene rings is 3. The van der Waals surface area contributed by atoms with E-state index in [0.717, 1.165) is 49.3 Å². The molecule has 3 aromatic heterocycles. The highest BCUT2D eigenvalue weighted by Gasteiger charge is 2.11. The topological polar surface area (TPSA) is 97.6 Å². The molecule has 0 saturated carbocycles. The van der Waals surface area contributed by atoms with Gasteiger partial charge in [-0.05, 0) is 48.0 Å². The third-order valence-corrected chi connectivity index (χ3v) is 8.08. The van der Waals surface area contributed by atoms with Gasteiger partial charge in [0.25, 0.3) is 0 Å². The molecule has 2 N–H and O–H groups in total. The van der Waals surface area contributed by atoms with Crippen molar-refractivity contribution >= 4 is 55.4 Å². The zero-order valence-corrected chi connectivity index (χ0v) is 23.3. The summed E-state index contributed by atoms with van der Waals surface area (Å²) in [7, 11) is -0.806. The molecule has 202 valence electrons. The van der Waals surface area contributed by atoms with Gasteiger partial charge in [-0.2, -0.15) is 5.10 Å². The van der Waals surface area contributed by atoms with Gasteiger partial charge in [-0.1, -0.05) is 18.2 Å². The Bertz CT molecular complexity index is 1830. The maximum Gasteiger partial charge on any atom is 0.141 e. The SMILES string of the molecule is CS(=O)CCNCc1nc(-c2ccc3ncnc(Nc4ccc5c(cnn5Cc5cccc(F)c5)c4)c3c2)cs1. The molecule has 0 aliphatic rings. The van der Waals surface area contributed by atoms with Crippen LogP contribution in [0.25, 0.3) is 33.1 Å². The zero-order chi connectivity index (χ0) is 27.5. The quantitative estimate of drug-likeness (QED) is 0.210. The first-order valence-corrected chi connectivity index (χ1v) is 15.3. The lowest BCUT2D eigenvalue weighted by Gasteiger charge is -2.10. The molecule has 0 bridgehead atoms. The first-order valence-electron chi connectivity index (χ1n) is 12.7. The van der Waals surface area contributed by atoms with Crippen LogP contribution in [0.15, 0.2) is 78.6 Å². The first kappa shape index (κ1) is 26.2. The van der Waals surface area contributed by atoms with Crippen LogP contribution in [0.3, 0.4) is 0 Å². The van der Waals surface area contributed by atoms with Crippen molar-refractivity contribution in [2.45, 2.75) is 13.1 Å². The van der Waals surface area contributed by atoms with Gasteiger partial charge in [0.1, 0.15) is 23.0 Å². The van der Waals surface area contributed by atoms with Crippen molar-refractivity contribution in [2.24, 2.45) is 0 Å². The summed E-state index contributed by atoms with van der Waals surface area (Å²) in [5.74, 6) is 1.07. The molecule has 0 aliphatic carbocycles. The second-order valence-electron chi connectivity index (χ2n) is 9.37. The Morgan fingerprint density at radius 2 is 2.00 bits per heavy atom. The highest BCUT2D eigenvalue weighted by molar-refractivity contribution is 7.84. The molecule has 6 rings (SSSR count). The van der Waals surface area contributed by atoms with E-state index >= 15 is 0 Å². The number of hydrogen-bond donors (Lipinski definition) is 2. The van der Waals surface area contributed by atoms with Gasteiger partial charge in [-0.25, -0.2) is 19.3 Å². The summed E-state index contributed by atoms with van der Waals surface area (Å²) in [5.41, 5.74) is 5.39. The van der Waals surface area contributed by atoms with Gasteiger partial charge < -0.3 is 10.6 Å². The summed E-state index contributed by atoms with van der Waals surface area (Å²) in [6.45, 7) is 1.83. The van der Waals surface area contributed by atoms with Crippen molar-refractivity contribution in [3.05, 3.63) is 95.0 Å². The van der Waals surface area contributed by atoms with E-state index in [1.165, 1.54) is 12.1 Å². The van der Waals surface area contributed by atoms with Crippen molar-refractivity contribution < 1.29 is 8.60 Å². The van der Waals surface area contributed by atoms with Gasteiger partial charge in [-0.15, -0.1) is 11.3 Å². The average Bonchev–Trinajstić information content (AvgIpc) is 3.58. The molecule has 6 aromatic rings. The molecule has 0 fully saturated rings. The van der Waals surface area contributed by atoms with E-state index < -0.39 is 10.8 Å². The minimum atomic E-state index is -0.806. The van der Waals surface area contributed by atoms with Crippen molar-refractivity contribution in [3.63, 3.8) is 0 Å². The second kappa shape index (κ2) is 11.6. The smallest absolute Gasteiger partial charge is 0.141 e. The summed E-state index contributed by atoms with van der Waals surface area (Å²) in [6.07, 6.45) is 5.07. The van der Waals surface area contributed by atoms with Gasteiger partial charge in [0.15, 0.2) is 0 Å². The average molecular weight is 572 g/mol. The standard InChI is InChI=1S/C29H26FN7OS2/c1-40(38)10-9-31-15-28-36-26(17-39-28)20-5-7-25-24(13-20)29(33-18-32-25)35-23-6-8-27-21(12-23)14-34-37(27)16-19-3-2-4-22(30)11-19/h2-8,11-14,17-18,31H,9-10,15-16H2,1H3,(H,32,33,35). The lowest BCUT2D eigenvalue weighted by Crippen LogP contribution is -2.19. The van der Waals surface area contributed by atoms with E-state index in [9.17, 15) is 8.60 Å². The van der Waals surface area contributed by atoms with Gasteiger partial charge in [0, 0.05) is 63.3 Å². The summed E-state index contributed by atoms with van der Waals surface area (Å²) in [6, 6.07) is 18.6. The zero-order valence-electron chi connectivity index (χ0n) is 21.7. The number of rotatable bonds is 10. The molecule has 0 amide bonds. The molecule has 8 nitrogen and oxygen atoms in total. The van der Waals surface area contributed by atoms with Crippen molar-refractivity contribution in [3.8, 4) is 11.3 Å². The van der Waals surface area contributed by atoms with Gasteiger partial charge >= 0.3 is 0 Å². The van der Waals surface area contributed by atoms with Crippen LogP contribution in [0.2, 0.25) is 0 Å². The van der Waals surface area contributed by atoms with Gasteiger partial charge in [0.05, 0.1) is 29.5 Å². The Hall–Kier alpha value is -4.06. The second-order valence-corrected chi connectivity index (χ2v) is 11.9. The van der Waals surface area contributed by atoms with Crippen LogP contribution in [0.4, 0.5) is 15.9 Å². The lowest BCUT2D eigenvalue weighted by molar-refractivity contribution is 0.621. The summed E-state index contributed by atoms with van der Waals surface area (Å²) >= 11 is 1.60. The van der Waals surface area contributed by atoms with Gasteiger partial charge in [-0.3, -0.25) is 8.89 Å². The van der Waals surface area contributed by atoms with E-state index in [2.05, 4.69) is 31.8 Å². The first-order chi connectivity index (χ1) is 19.5. The van der Waals surface area contributed by atoms with Crippen molar-refractivity contribution in [2.75, 3.05) is 23.9 Å². The number of thiazole rings is 1. The number of nitrogens with zero attached hydrogens (tertiary/aromatic N) is 5. The minimum Gasteiger partial charge on any atom is -0.340 e. The molecule has 0 saturated heterocycles. The van der Waals surface area contributed by atoms with E-state index in [1.807, 2.05) is 52.7 Å². The van der Waals surface area contributed by atoms with E-state index in [-0.39, 0.29) is 5.82 Å². The molecule has 0 radical (unpaired) electrons. The van der Waals surface area contributed by atoms with Crippen LogP contribution in [0.1, 0.15) is 10.6 Å². The number of anilines is 2. The Morgan fingerprint density at radius 3 is 2.88 bits per heavy atom. The maximum atomic E-state index is 13.6. The van der Waals surface area contributed by atoms with E-state index in [1.54, 1.807) is 30.0 Å². The van der Waals surface area contributed by atoms with Crippen molar-refractivity contribution in [1.29, 1.82) is 0 Å². The maximum absolute atomic E-state index is 13.6. The third-order valence-electron chi connectivity index (χ3n) is 6.45. The number of aromatic nitrogens is 5. The number of halogens is 1. The van der Waals surface area contributed by atoms with E-state index in [0.29, 0.717) is 31.2 Å². The highest BCUT2D eigenvalue weighted by Crippen LogP contribution is 2.30. The Labute approximate surface area is 236 Å². The van der Waals surface area contributed by atoms with Gasteiger partial charge in [0.2, 0.25) is 0 Å². The number of hydrogen-bond acceptors (Lipinski definition) is 8. The van der Waals surface area contributed by atoms with Crippen LogP contribution >= 0.6 is 11.3 Å². The fourth-order valence-electron chi connectivity index (χ4n) is 4.49. The Morgan fingerprint density at radius 1 is 1.07 bits per heavy atom. The molecular weight excluding hydrogens is 545 g/mol. The largest absolute Gasteiger partial charge is 0.340 e. The third kappa shape index (κ3) is 5.91. The van der Waals surface area contributed by atoms with Crippen LogP contribution in [-0.2, 0) is 23.9 Å². The number of fused-ring (bicyclic) bond motifs is 2. The van der Waals surface area contributed by atoms with Crippen molar-refractivity contribution in [1.82, 2.24) is 30.0 Å². The Balaban J connectivity index is 1.22. The van der Waals surface area contributed by atoms with E-state index in [4.69, 9.17) is 4.98 Å². The Kier molecular flexibility index (Phi) is 7.58. The summed E-state index contributed by atoms with van der Waals surface area (Å²) in [4.78, 5) is 13.7. The highest BCUT2D eigenvalue weighted by atomic mass is 32.2. The predicted molar refractivity (Wildman–Crippen MR) is 160 cm³/mol. The fraction of sp³-hybridized carbons (Fsp3) is 0.172. The monoisotopic (exact) mass is 571 g/mol. The minimum absolute atomic E-state index is 0.255. The predicted octanol–water partition coefficient (Wildman–Crippen LogP) is 5.50. The molecule has 3 heterocycles. The summed E-state index contributed by atoms with van der Waals surface area (Å²) in [5, 5.41) is 16.1. The molecule has 11 heteroatoms. The molecule has 1 unspecified atom stereocenters. The molecular formula is C29H26FN7OS2. The van der Waals surface area contributed by atoms with Crippen LogP contribution in [0, 0.1) is 5.82 Å². The number of nitrogens with one attached hydrogen (secondary N) is 2. The van der Waals surface area contributed by atoms with Crippen LogP contribution < -0.4 is 10.6 Å². The van der Waals surface area contributed by atoms with Crippen LogP contribution in [0.5, 0.6) is 0 Å². The molecule has 0 spiro atoms. The molecule has 3 aromatic carbocycles. The van der Waals surface area contributed by atoms with Crippen LogP contribution in [-0.4, -0.2) is 47.5 Å². The fourth-order valence-corrected chi connectivity index (χ4v) is 5.69. The molecule has 1 atom stereocenters. The molecule has 0 aliphatic heterocycles. The molecule has 40 heavy (non-hydrogen) atoms. The lowest BCUT2D eigenvalue weighted by atomic mass is 10.1. The normalized spacial score (nSPS) is 12.2. The summed E-state index contributed by atoms with van der Waals surface area (Å²) < 4.78 is 26.7.